The fourth-order valence-electron chi connectivity index (χ4n) is 2.16. The molecule has 92 valence electrons. The van der Waals surface area contributed by atoms with Crippen LogP contribution in [0.15, 0.2) is 18.2 Å². The van der Waals surface area contributed by atoms with Gasteiger partial charge in [0.1, 0.15) is 0 Å². The molecule has 17 heavy (non-hydrogen) atoms. The van der Waals surface area contributed by atoms with E-state index in [9.17, 15) is 0 Å². The van der Waals surface area contributed by atoms with Gasteiger partial charge in [-0.05, 0) is 30.5 Å². The molecule has 1 atom stereocenters. The molecule has 3 rings (SSSR count). The van der Waals surface area contributed by atoms with Crippen LogP contribution in [-0.2, 0) is 0 Å². The Labute approximate surface area is 101 Å². The van der Waals surface area contributed by atoms with Gasteiger partial charge in [0, 0.05) is 18.0 Å². The second-order valence-corrected chi connectivity index (χ2v) is 4.97. The van der Waals surface area contributed by atoms with Gasteiger partial charge in [0.25, 0.3) is 0 Å². The van der Waals surface area contributed by atoms with Gasteiger partial charge in [-0.15, -0.1) is 0 Å². The van der Waals surface area contributed by atoms with Gasteiger partial charge >= 0.3 is 0 Å². The summed E-state index contributed by atoms with van der Waals surface area (Å²) >= 11 is 0. The zero-order chi connectivity index (χ0) is 11.9. The average Bonchev–Trinajstić information content (AvgIpc) is 3.11. The smallest absolute Gasteiger partial charge is 0.161 e. The van der Waals surface area contributed by atoms with Crippen molar-refractivity contribution in [1.29, 1.82) is 0 Å². The van der Waals surface area contributed by atoms with E-state index in [1.807, 2.05) is 18.2 Å². The van der Waals surface area contributed by atoms with Gasteiger partial charge < -0.3 is 20.9 Å². The second kappa shape index (κ2) is 3.89. The molecule has 0 spiro atoms. The molecule has 2 aliphatic rings. The van der Waals surface area contributed by atoms with E-state index in [0.29, 0.717) is 13.2 Å². The summed E-state index contributed by atoms with van der Waals surface area (Å²) in [6.07, 6.45) is 2.92. The summed E-state index contributed by atoms with van der Waals surface area (Å²) in [5, 5.41) is 0. The summed E-state index contributed by atoms with van der Waals surface area (Å²) in [4.78, 5) is 0. The Morgan fingerprint density at radius 3 is 2.53 bits per heavy atom. The van der Waals surface area contributed by atoms with E-state index in [2.05, 4.69) is 0 Å². The summed E-state index contributed by atoms with van der Waals surface area (Å²) in [6, 6.07) is 5.78. The van der Waals surface area contributed by atoms with Crippen molar-refractivity contribution in [3.63, 3.8) is 0 Å². The number of hydrogen-bond acceptors (Lipinski definition) is 4. The minimum atomic E-state index is -0.209. The number of benzene rings is 1. The molecule has 0 amide bonds. The molecule has 1 heterocycles. The maximum atomic E-state index is 6.19. The molecule has 1 aliphatic heterocycles. The molecule has 1 aromatic carbocycles. The first-order valence-corrected chi connectivity index (χ1v) is 6.13. The Hall–Kier alpha value is -1.26. The van der Waals surface area contributed by atoms with E-state index >= 15 is 0 Å². The number of fused-ring (bicyclic) bond motifs is 1. The van der Waals surface area contributed by atoms with E-state index in [0.717, 1.165) is 36.3 Å². The molecule has 1 aromatic rings. The molecule has 0 bridgehead atoms. The number of ether oxygens (including phenoxy) is 2. The Morgan fingerprint density at radius 1 is 1.12 bits per heavy atom. The highest BCUT2D eigenvalue weighted by atomic mass is 16.5. The fourth-order valence-corrected chi connectivity index (χ4v) is 2.16. The van der Waals surface area contributed by atoms with Crippen LogP contribution in [0.2, 0.25) is 0 Å². The van der Waals surface area contributed by atoms with Gasteiger partial charge in [0.15, 0.2) is 11.5 Å². The predicted molar refractivity (Wildman–Crippen MR) is 65.1 cm³/mol. The molecular formula is C13H18N2O2. The normalized spacial score (nSPS) is 22.7. The monoisotopic (exact) mass is 234 g/mol. The lowest BCUT2D eigenvalue weighted by molar-refractivity contribution is 0.297. The highest BCUT2D eigenvalue weighted by molar-refractivity contribution is 5.45. The van der Waals surface area contributed by atoms with Gasteiger partial charge in [0.05, 0.1) is 13.2 Å². The summed E-state index contributed by atoms with van der Waals surface area (Å²) in [7, 11) is 0. The molecule has 1 saturated carbocycles. The van der Waals surface area contributed by atoms with Crippen molar-refractivity contribution in [1.82, 2.24) is 0 Å². The molecule has 4 N–H and O–H groups in total. The first kappa shape index (κ1) is 10.9. The first-order valence-electron chi connectivity index (χ1n) is 6.13. The van der Waals surface area contributed by atoms with Crippen LogP contribution in [0.25, 0.3) is 0 Å². The fraction of sp³-hybridized carbons (Fsp3) is 0.538. The largest absolute Gasteiger partial charge is 0.490 e. The predicted octanol–water partition coefficient (Wildman–Crippen LogP) is 1.34. The van der Waals surface area contributed by atoms with Gasteiger partial charge in [-0.3, -0.25) is 0 Å². The van der Waals surface area contributed by atoms with Crippen LogP contribution in [0, 0.1) is 0 Å². The number of nitrogens with two attached hydrogens (primary N) is 2. The summed E-state index contributed by atoms with van der Waals surface area (Å²) in [6.45, 7) is 1.40. The Kier molecular flexibility index (Phi) is 2.49. The van der Waals surface area contributed by atoms with E-state index < -0.39 is 0 Å². The molecular weight excluding hydrogens is 216 g/mol. The summed E-state index contributed by atoms with van der Waals surface area (Å²) in [5.41, 5.74) is 13.1. The Balaban J connectivity index is 1.89. The molecule has 0 saturated heterocycles. The number of hydrogen-bond donors (Lipinski definition) is 2. The lowest BCUT2D eigenvalue weighted by Crippen LogP contribution is -2.36. The van der Waals surface area contributed by atoms with Gasteiger partial charge in [-0.25, -0.2) is 0 Å². The Bertz CT molecular complexity index is 429. The highest BCUT2D eigenvalue weighted by Crippen LogP contribution is 2.43. The quantitative estimate of drug-likeness (QED) is 0.810. The van der Waals surface area contributed by atoms with Crippen molar-refractivity contribution in [3.05, 3.63) is 23.8 Å². The van der Waals surface area contributed by atoms with E-state index in [4.69, 9.17) is 20.9 Å². The van der Waals surface area contributed by atoms with Crippen molar-refractivity contribution >= 4 is 0 Å². The van der Waals surface area contributed by atoms with Crippen molar-refractivity contribution in [3.8, 4) is 11.5 Å². The highest BCUT2D eigenvalue weighted by Gasteiger charge is 2.44. The molecule has 1 fully saturated rings. The molecule has 1 unspecified atom stereocenters. The SMILES string of the molecule is NC(c1ccc2c(c1)OCCCO2)C1(N)CC1. The minimum absolute atomic E-state index is 0.111. The zero-order valence-corrected chi connectivity index (χ0v) is 9.82. The van der Waals surface area contributed by atoms with Crippen molar-refractivity contribution in [2.45, 2.75) is 30.8 Å². The van der Waals surface area contributed by atoms with Gasteiger partial charge in [0.2, 0.25) is 0 Å². The third-order valence-electron chi connectivity index (χ3n) is 3.58. The van der Waals surface area contributed by atoms with Crippen molar-refractivity contribution < 1.29 is 9.47 Å². The summed E-state index contributed by atoms with van der Waals surface area (Å²) in [5.74, 6) is 1.60. The Morgan fingerprint density at radius 2 is 1.82 bits per heavy atom. The molecule has 0 aromatic heterocycles. The average molecular weight is 234 g/mol. The molecule has 0 radical (unpaired) electrons. The standard InChI is InChI=1S/C13H18N2O2/c14-12(13(15)4-5-13)9-2-3-10-11(8-9)17-7-1-6-16-10/h2-3,8,12H,1,4-7,14-15H2. The maximum absolute atomic E-state index is 6.19. The minimum Gasteiger partial charge on any atom is -0.490 e. The van der Waals surface area contributed by atoms with Crippen LogP contribution >= 0.6 is 0 Å². The second-order valence-electron chi connectivity index (χ2n) is 4.97. The van der Waals surface area contributed by atoms with E-state index in [-0.39, 0.29) is 11.6 Å². The van der Waals surface area contributed by atoms with Crippen LogP contribution in [0.1, 0.15) is 30.9 Å². The topological polar surface area (TPSA) is 70.5 Å². The maximum Gasteiger partial charge on any atom is 0.161 e. The van der Waals surface area contributed by atoms with Crippen LogP contribution in [0.4, 0.5) is 0 Å². The lowest BCUT2D eigenvalue weighted by Gasteiger charge is -2.20. The van der Waals surface area contributed by atoms with E-state index in [1.54, 1.807) is 0 Å². The zero-order valence-electron chi connectivity index (χ0n) is 9.82. The lowest BCUT2D eigenvalue weighted by atomic mass is 9.98. The molecule has 4 nitrogen and oxygen atoms in total. The van der Waals surface area contributed by atoms with Crippen LogP contribution in [0.5, 0.6) is 11.5 Å². The third-order valence-corrected chi connectivity index (χ3v) is 3.58. The summed E-state index contributed by atoms with van der Waals surface area (Å²) < 4.78 is 11.2. The molecule has 4 heteroatoms. The molecule has 1 aliphatic carbocycles. The van der Waals surface area contributed by atoms with Crippen molar-refractivity contribution in [2.24, 2.45) is 11.5 Å². The van der Waals surface area contributed by atoms with Gasteiger partial charge in [-0.2, -0.15) is 0 Å². The van der Waals surface area contributed by atoms with Crippen LogP contribution in [0.3, 0.4) is 0 Å². The van der Waals surface area contributed by atoms with Crippen LogP contribution < -0.4 is 20.9 Å². The number of rotatable bonds is 2. The van der Waals surface area contributed by atoms with Crippen LogP contribution in [-0.4, -0.2) is 18.8 Å². The van der Waals surface area contributed by atoms with E-state index in [1.165, 1.54) is 0 Å². The van der Waals surface area contributed by atoms with Gasteiger partial charge in [-0.1, -0.05) is 6.07 Å². The first-order chi connectivity index (χ1) is 8.19. The van der Waals surface area contributed by atoms with Crippen molar-refractivity contribution in [2.75, 3.05) is 13.2 Å². The third kappa shape index (κ3) is 1.98.